The number of nitrogens with two attached hydrogens (primary N) is 1. The van der Waals surface area contributed by atoms with Gasteiger partial charge < -0.3 is 10.5 Å². The molecule has 1 aromatic carbocycles. The zero-order valence-corrected chi connectivity index (χ0v) is 10.8. The summed E-state index contributed by atoms with van der Waals surface area (Å²) in [7, 11) is 1.59. The topological polar surface area (TPSA) is 47.6 Å². The summed E-state index contributed by atoms with van der Waals surface area (Å²) in [6, 6.07) is 5.27. The van der Waals surface area contributed by atoms with Crippen molar-refractivity contribution in [1.82, 2.24) is 0 Å². The predicted octanol–water partition coefficient (Wildman–Crippen LogP) is 3.38. The fourth-order valence-corrected chi connectivity index (χ4v) is 1.21. The van der Waals surface area contributed by atoms with Crippen LogP contribution in [0.4, 0.5) is 5.69 Å². The number of nitrogens with zero attached hydrogens (tertiary/aromatic N) is 1. The van der Waals surface area contributed by atoms with E-state index in [4.69, 9.17) is 22.1 Å². The molecule has 0 atom stereocenters. The van der Waals surface area contributed by atoms with Crippen LogP contribution >= 0.6 is 11.6 Å². The number of rotatable bonds is 2. The van der Waals surface area contributed by atoms with Crippen molar-refractivity contribution in [1.29, 1.82) is 0 Å². The van der Waals surface area contributed by atoms with Gasteiger partial charge in [-0.05, 0) is 18.2 Å². The normalized spacial score (nSPS) is 12.7. The second-order valence-electron chi connectivity index (χ2n) is 4.56. The van der Waals surface area contributed by atoms with E-state index in [0.29, 0.717) is 22.3 Å². The molecule has 0 spiro atoms. The summed E-state index contributed by atoms with van der Waals surface area (Å²) < 4.78 is 5.19. The summed E-state index contributed by atoms with van der Waals surface area (Å²) in [4.78, 5) is 4.35. The first kappa shape index (κ1) is 12.8. The first-order chi connectivity index (χ1) is 7.34. The average molecular weight is 241 g/mol. The Labute approximate surface area is 101 Å². The van der Waals surface area contributed by atoms with Crippen molar-refractivity contribution < 1.29 is 4.74 Å². The number of ether oxygens (including phenoxy) is 1. The van der Waals surface area contributed by atoms with E-state index in [1.807, 2.05) is 20.8 Å². The van der Waals surface area contributed by atoms with Crippen LogP contribution in [0.1, 0.15) is 20.8 Å². The molecule has 3 nitrogen and oxygen atoms in total. The molecule has 88 valence electrons. The molecule has 0 heterocycles. The molecule has 0 unspecified atom stereocenters. The van der Waals surface area contributed by atoms with Crippen LogP contribution in [0.15, 0.2) is 23.2 Å². The zero-order chi connectivity index (χ0) is 12.3. The first-order valence-electron chi connectivity index (χ1n) is 5.03. The molecule has 0 bridgehead atoms. The average Bonchev–Trinajstić information content (AvgIpc) is 2.16. The maximum Gasteiger partial charge on any atom is 0.144 e. The molecular formula is C12H17ClN2O. The molecule has 0 aliphatic heterocycles. The van der Waals surface area contributed by atoms with Crippen LogP contribution in [0, 0.1) is 5.41 Å². The lowest BCUT2D eigenvalue weighted by Gasteiger charge is -2.17. The summed E-state index contributed by atoms with van der Waals surface area (Å²) >= 11 is 5.91. The lowest BCUT2D eigenvalue weighted by Crippen LogP contribution is -2.28. The highest BCUT2D eigenvalue weighted by molar-refractivity contribution is 6.30. The predicted molar refractivity (Wildman–Crippen MR) is 68.7 cm³/mol. The Kier molecular flexibility index (Phi) is 3.81. The van der Waals surface area contributed by atoms with Crippen molar-refractivity contribution >= 4 is 23.1 Å². The van der Waals surface area contributed by atoms with Gasteiger partial charge in [-0.25, -0.2) is 4.99 Å². The number of hydrogen-bond donors (Lipinski definition) is 1. The van der Waals surface area contributed by atoms with Gasteiger partial charge in [-0.15, -0.1) is 0 Å². The lowest BCUT2D eigenvalue weighted by atomic mass is 9.95. The number of amidine groups is 1. The van der Waals surface area contributed by atoms with Crippen LogP contribution in [0.5, 0.6) is 5.75 Å². The Morgan fingerprint density at radius 3 is 2.50 bits per heavy atom. The number of hydrogen-bond acceptors (Lipinski definition) is 2. The highest BCUT2D eigenvalue weighted by Gasteiger charge is 2.16. The Hall–Kier alpha value is -1.22. The second kappa shape index (κ2) is 4.74. The van der Waals surface area contributed by atoms with Crippen molar-refractivity contribution in [3.8, 4) is 5.75 Å². The maximum absolute atomic E-state index is 5.91. The molecule has 4 heteroatoms. The Morgan fingerprint density at radius 2 is 2.00 bits per heavy atom. The molecule has 0 radical (unpaired) electrons. The van der Waals surface area contributed by atoms with Crippen molar-refractivity contribution in [3.05, 3.63) is 23.2 Å². The van der Waals surface area contributed by atoms with E-state index in [0.717, 1.165) is 0 Å². The Bertz CT molecular complexity index is 408. The van der Waals surface area contributed by atoms with Gasteiger partial charge in [0, 0.05) is 10.4 Å². The minimum atomic E-state index is -0.173. The van der Waals surface area contributed by atoms with Crippen LogP contribution < -0.4 is 10.5 Å². The third kappa shape index (κ3) is 3.14. The van der Waals surface area contributed by atoms with Crippen LogP contribution in [0.25, 0.3) is 0 Å². The molecule has 0 aromatic heterocycles. The molecule has 0 saturated heterocycles. The van der Waals surface area contributed by atoms with Crippen molar-refractivity contribution in [3.63, 3.8) is 0 Å². The quantitative estimate of drug-likeness (QED) is 0.636. The van der Waals surface area contributed by atoms with Crippen LogP contribution in [0.3, 0.4) is 0 Å². The van der Waals surface area contributed by atoms with Crippen molar-refractivity contribution in [2.45, 2.75) is 20.8 Å². The summed E-state index contributed by atoms with van der Waals surface area (Å²) in [5.41, 5.74) is 6.39. The SMILES string of the molecule is COc1ccc(Cl)cc1N=C(N)C(C)(C)C. The molecular weight excluding hydrogens is 224 g/mol. The van der Waals surface area contributed by atoms with Gasteiger partial charge >= 0.3 is 0 Å². The van der Waals surface area contributed by atoms with E-state index in [1.165, 1.54) is 0 Å². The van der Waals surface area contributed by atoms with Gasteiger partial charge in [-0.1, -0.05) is 32.4 Å². The van der Waals surface area contributed by atoms with Crippen LogP contribution in [0.2, 0.25) is 5.02 Å². The van der Waals surface area contributed by atoms with Crippen LogP contribution in [-0.2, 0) is 0 Å². The van der Waals surface area contributed by atoms with Gasteiger partial charge in [0.2, 0.25) is 0 Å². The van der Waals surface area contributed by atoms with E-state index in [9.17, 15) is 0 Å². The fourth-order valence-electron chi connectivity index (χ4n) is 1.05. The minimum Gasteiger partial charge on any atom is -0.494 e. The van der Waals surface area contributed by atoms with Gasteiger partial charge in [0.05, 0.1) is 7.11 Å². The second-order valence-corrected chi connectivity index (χ2v) is 5.00. The van der Waals surface area contributed by atoms with Gasteiger partial charge in [-0.2, -0.15) is 0 Å². The van der Waals surface area contributed by atoms with E-state index in [1.54, 1.807) is 25.3 Å². The van der Waals surface area contributed by atoms with Gasteiger partial charge in [0.15, 0.2) is 0 Å². The zero-order valence-electron chi connectivity index (χ0n) is 10.0. The molecule has 1 aromatic rings. The highest BCUT2D eigenvalue weighted by atomic mass is 35.5. The van der Waals surface area contributed by atoms with E-state index in [2.05, 4.69) is 4.99 Å². The monoisotopic (exact) mass is 240 g/mol. The lowest BCUT2D eigenvalue weighted by molar-refractivity contribution is 0.416. The van der Waals surface area contributed by atoms with Gasteiger partial charge in [-0.3, -0.25) is 0 Å². The van der Waals surface area contributed by atoms with E-state index in [-0.39, 0.29) is 5.41 Å². The van der Waals surface area contributed by atoms with E-state index < -0.39 is 0 Å². The molecule has 0 amide bonds. The number of aliphatic imine (C=N–C) groups is 1. The highest BCUT2D eigenvalue weighted by Crippen LogP contribution is 2.31. The summed E-state index contributed by atoms with van der Waals surface area (Å²) in [5, 5.41) is 0.612. The molecule has 2 N–H and O–H groups in total. The third-order valence-corrected chi connectivity index (χ3v) is 2.39. The fraction of sp³-hybridized carbons (Fsp3) is 0.417. The largest absolute Gasteiger partial charge is 0.494 e. The summed E-state index contributed by atoms with van der Waals surface area (Å²) in [6.45, 7) is 6.01. The molecule has 0 aliphatic carbocycles. The Balaban J connectivity index is 3.18. The van der Waals surface area contributed by atoms with Crippen LogP contribution in [-0.4, -0.2) is 12.9 Å². The number of benzene rings is 1. The minimum absolute atomic E-state index is 0.173. The molecule has 0 fully saturated rings. The van der Waals surface area contributed by atoms with Crippen molar-refractivity contribution in [2.24, 2.45) is 16.1 Å². The summed E-state index contributed by atoms with van der Waals surface area (Å²) in [5.74, 6) is 1.21. The summed E-state index contributed by atoms with van der Waals surface area (Å²) in [6.07, 6.45) is 0. The standard InChI is InChI=1S/C12H17ClN2O/c1-12(2,3)11(14)15-9-7-8(13)5-6-10(9)16-4/h5-7H,1-4H3,(H2,14,15). The molecule has 0 saturated carbocycles. The van der Waals surface area contributed by atoms with Gasteiger partial charge in [0.25, 0.3) is 0 Å². The molecule has 1 rings (SSSR count). The number of halogens is 1. The third-order valence-electron chi connectivity index (χ3n) is 2.15. The number of methoxy groups -OCH3 is 1. The molecule has 0 aliphatic rings. The van der Waals surface area contributed by atoms with E-state index >= 15 is 0 Å². The van der Waals surface area contributed by atoms with Crippen molar-refractivity contribution in [2.75, 3.05) is 7.11 Å². The first-order valence-corrected chi connectivity index (χ1v) is 5.40. The van der Waals surface area contributed by atoms with Gasteiger partial charge in [0.1, 0.15) is 17.3 Å². The maximum atomic E-state index is 5.91. The Morgan fingerprint density at radius 1 is 1.38 bits per heavy atom. The smallest absolute Gasteiger partial charge is 0.144 e. The molecule has 16 heavy (non-hydrogen) atoms.